The first-order valence-corrected chi connectivity index (χ1v) is 16.5. The SMILES string of the molecule is Cc1nc(C#N)c(-c2ccc3c(c2)CCN(c2ncnc4c2oc2ccccc24)C3)c(N2CCC(C)(C)CC2)c1CC(=O)OC(C)C. The molecule has 5 aromatic rings. The van der Waals surface area contributed by atoms with Gasteiger partial charge in [0.25, 0.3) is 0 Å². The number of nitrogens with zero attached hydrogens (tertiary/aromatic N) is 6. The minimum absolute atomic E-state index is 0.111. The molecule has 5 heterocycles. The van der Waals surface area contributed by atoms with E-state index in [-0.39, 0.29) is 23.9 Å². The van der Waals surface area contributed by atoms with Crippen LogP contribution >= 0.6 is 0 Å². The number of benzene rings is 2. The summed E-state index contributed by atoms with van der Waals surface area (Å²) in [4.78, 5) is 31.6. The van der Waals surface area contributed by atoms with Gasteiger partial charge in [-0.05, 0) is 74.3 Å². The summed E-state index contributed by atoms with van der Waals surface area (Å²) < 4.78 is 11.8. The van der Waals surface area contributed by atoms with Crippen molar-refractivity contribution in [1.82, 2.24) is 15.0 Å². The molecule has 2 aliphatic heterocycles. The topological polar surface area (TPSA) is 108 Å². The van der Waals surface area contributed by atoms with Crippen LogP contribution in [-0.4, -0.2) is 46.7 Å². The number of carbonyl (C=O) groups is 1. The van der Waals surface area contributed by atoms with E-state index < -0.39 is 0 Å². The van der Waals surface area contributed by atoms with E-state index >= 15 is 0 Å². The number of pyridine rings is 1. The van der Waals surface area contributed by atoms with Gasteiger partial charge in [-0.1, -0.05) is 44.2 Å². The number of hydrogen-bond acceptors (Lipinski definition) is 9. The number of aromatic nitrogens is 3. The molecule has 0 bridgehead atoms. The van der Waals surface area contributed by atoms with Gasteiger partial charge in [0, 0.05) is 48.4 Å². The number of piperidine rings is 1. The third-order valence-corrected chi connectivity index (χ3v) is 9.65. The lowest BCUT2D eigenvalue weighted by Crippen LogP contribution is -2.38. The van der Waals surface area contributed by atoms with E-state index in [0.29, 0.717) is 23.5 Å². The zero-order valence-electron chi connectivity index (χ0n) is 27.8. The number of anilines is 2. The van der Waals surface area contributed by atoms with Crippen LogP contribution in [0.25, 0.3) is 33.2 Å². The first-order chi connectivity index (χ1) is 22.6. The molecule has 2 aromatic carbocycles. The molecular formula is C38H40N6O3. The van der Waals surface area contributed by atoms with E-state index in [0.717, 1.165) is 83.6 Å². The standard InChI is InChI=1S/C38H40N6O3/c1-23(2)46-32(45)19-29-24(3)42-30(20-39)33(35(29)43-16-13-38(4,5)14-17-43)26-10-11-27-21-44(15-12-25(27)18-26)37-36-34(40-22-41-37)28-8-6-7-9-31(28)47-36/h6-11,18,22-23H,12-17,19,21H2,1-5H3. The number of nitriles is 1. The summed E-state index contributed by atoms with van der Waals surface area (Å²) in [6.07, 6.45) is 4.36. The van der Waals surface area contributed by atoms with Crippen molar-refractivity contribution in [3.05, 3.63) is 76.9 Å². The Bertz CT molecular complexity index is 2050. The van der Waals surface area contributed by atoms with Crippen molar-refractivity contribution in [2.24, 2.45) is 5.41 Å². The molecule has 0 spiro atoms. The molecule has 0 radical (unpaired) electrons. The molecule has 47 heavy (non-hydrogen) atoms. The van der Waals surface area contributed by atoms with E-state index in [1.165, 1.54) is 11.1 Å². The minimum Gasteiger partial charge on any atom is -0.463 e. The average molecular weight is 629 g/mol. The van der Waals surface area contributed by atoms with Crippen molar-refractivity contribution < 1.29 is 13.9 Å². The highest BCUT2D eigenvalue weighted by atomic mass is 16.5. The predicted molar refractivity (Wildman–Crippen MR) is 183 cm³/mol. The van der Waals surface area contributed by atoms with Gasteiger partial charge in [-0.3, -0.25) is 4.79 Å². The highest BCUT2D eigenvalue weighted by Gasteiger charge is 2.32. The van der Waals surface area contributed by atoms with E-state index in [2.05, 4.69) is 57.9 Å². The largest absolute Gasteiger partial charge is 0.463 e. The molecule has 7 rings (SSSR count). The fourth-order valence-corrected chi connectivity index (χ4v) is 7.05. The molecule has 0 amide bonds. The highest BCUT2D eigenvalue weighted by molar-refractivity contribution is 6.05. The summed E-state index contributed by atoms with van der Waals surface area (Å²) in [7, 11) is 0. The monoisotopic (exact) mass is 628 g/mol. The molecule has 0 saturated carbocycles. The van der Waals surface area contributed by atoms with Gasteiger partial charge in [0.05, 0.1) is 18.2 Å². The number of fused-ring (bicyclic) bond motifs is 4. The fourth-order valence-electron chi connectivity index (χ4n) is 7.05. The first kappa shape index (κ1) is 30.7. The summed E-state index contributed by atoms with van der Waals surface area (Å²) in [6, 6.07) is 16.8. The Morgan fingerprint density at radius 1 is 1.06 bits per heavy atom. The van der Waals surface area contributed by atoms with E-state index in [4.69, 9.17) is 14.1 Å². The van der Waals surface area contributed by atoms with Crippen LogP contribution in [0.1, 0.15) is 68.6 Å². The number of para-hydroxylation sites is 1. The Balaban J connectivity index is 1.28. The quantitative estimate of drug-likeness (QED) is 0.179. The maximum absolute atomic E-state index is 13.0. The molecular weight excluding hydrogens is 588 g/mol. The Labute approximate surface area is 275 Å². The molecule has 0 unspecified atom stereocenters. The van der Waals surface area contributed by atoms with Crippen LogP contribution in [-0.2, 0) is 28.9 Å². The lowest BCUT2D eigenvalue weighted by molar-refractivity contribution is -0.146. The molecule has 0 aliphatic carbocycles. The number of aryl methyl sites for hydroxylation is 1. The van der Waals surface area contributed by atoms with Gasteiger partial charge >= 0.3 is 5.97 Å². The molecule has 0 N–H and O–H groups in total. The van der Waals surface area contributed by atoms with Crippen molar-refractivity contribution in [3.8, 4) is 17.2 Å². The second-order valence-electron chi connectivity index (χ2n) is 13.9. The summed E-state index contributed by atoms with van der Waals surface area (Å²) in [5.74, 6) is 0.511. The predicted octanol–water partition coefficient (Wildman–Crippen LogP) is 7.30. The van der Waals surface area contributed by atoms with Gasteiger partial charge in [-0.15, -0.1) is 0 Å². The van der Waals surface area contributed by atoms with Crippen molar-refractivity contribution in [2.75, 3.05) is 29.4 Å². The highest BCUT2D eigenvalue weighted by Crippen LogP contribution is 2.43. The molecule has 9 heteroatoms. The third-order valence-electron chi connectivity index (χ3n) is 9.65. The number of esters is 1. The van der Waals surface area contributed by atoms with Crippen molar-refractivity contribution >= 4 is 39.5 Å². The Hall–Kier alpha value is -4.97. The van der Waals surface area contributed by atoms with Gasteiger partial charge in [-0.2, -0.15) is 5.26 Å². The molecule has 9 nitrogen and oxygen atoms in total. The van der Waals surface area contributed by atoms with Crippen LogP contribution in [0.5, 0.6) is 0 Å². The first-order valence-electron chi connectivity index (χ1n) is 16.5. The summed E-state index contributed by atoms with van der Waals surface area (Å²) in [5, 5.41) is 11.4. The summed E-state index contributed by atoms with van der Waals surface area (Å²) >= 11 is 0. The fraction of sp³-hybridized carbons (Fsp3) is 0.395. The summed E-state index contributed by atoms with van der Waals surface area (Å²) in [6.45, 7) is 13.3. The molecule has 1 saturated heterocycles. The maximum atomic E-state index is 13.0. The third kappa shape index (κ3) is 5.78. The van der Waals surface area contributed by atoms with Gasteiger partial charge in [-0.25, -0.2) is 15.0 Å². The minimum atomic E-state index is -0.284. The summed E-state index contributed by atoms with van der Waals surface area (Å²) in [5.41, 5.74) is 9.60. The Morgan fingerprint density at radius 2 is 1.85 bits per heavy atom. The van der Waals surface area contributed by atoms with E-state index in [1.807, 2.05) is 45.0 Å². The lowest BCUT2D eigenvalue weighted by atomic mass is 9.81. The molecule has 0 atom stereocenters. The van der Waals surface area contributed by atoms with E-state index in [1.54, 1.807) is 6.33 Å². The van der Waals surface area contributed by atoms with Gasteiger partial charge in [0.15, 0.2) is 17.1 Å². The van der Waals surface area contributed by atoms with Crippen LogP contribution in [0, 0.1) is 23.7 Å². The second-order valence-corrected chi connectivity index (χ2v) is 13.9. The smallest absolute Gasteiger partial charge is 0.310 e. The van der Waals surface area contributed by atoms with Crippen LogP contribution in [0.4, 0.5) is 11.5 Å². The van der Waals surface area contributed by atoms with Crippen LogP contribution in [0.2, 0.25) is 0 Å². The molecule has 1 fully saturated rings. The van der Waals surface area contributed by atoms with Crippen molar-refractivity contribution in [1.29, 1.82) is 5.26 Å². The van der Waals surface area contributed by atoms with Crippen LogP contribution in [0.15, 0.2) is 53.2 Å². The normalized spacial score (nSPS) is 16.0. The Morgan fingerprint density at radius 3 is 2.62 bits per heavy atom. The van der Waals surface area contributed by atoms with Crippen LogP contribution < -0.4 is 9.80 Å². The van der Waals surface area contributed by atoms with Crippen molar-refractivity contribution in [3.63, 3.8) is 0 Å². The number of furan rings is 1. The number of ether oxygens (including phenoxy) is 1. The lowest BCUT2D eigenvalue weighted by Gasteiger charge is -2.40. The van der Waals surface area contributed by atoms with Gasteiger partial charge in [0.1, 0.15) is 23.5 Å². The number of carbonyl (C=O) groups excluding carboxylic acids is 1. The average Bonchev–Trinajstić information content (AvgIpc) is 3.44. The second kappa shape index (κ2) is 12.0. The maximum Gasteiger partial charge on any atom is 0.310 e. The van der Waals surface area contributed by atoms with Gasteiger partial charge in [0.2, 0.25) is 0 Å². The zero-order chi connectivity index (χ0) is 32.9. The Kier molecular flexibility index (Phi) is 7.83. The van der Waals surface area contributed by atoms with Gasteiger partial charge < -0.3 is 19.0 Å². The van der Waals surface area contributed by atoms with Crippen molar-refractivity contribution in [2.45, 2.75) is 73.0 Å². The molecule has 240 valence electrons. The molecule has 2 aliphatic rings. The van der Waals surface area contributed by atoms with Crippen LogP contribution in [0.3, 0.4) is 0 Å². The van der Waals surface area contributed by atoms with E-state index in [9.17, 15) is 10.1 Å². The molecule has 3 aromatic heterocycles. The number of rotatable bonds is 6. The number of hydrogen-bond donors (Lipinski definition) is 0. The zero-order valence-corrected chi connectivity index (χ0v) is 27.8.